The van der Waals surface area contributed by atoms with Crippen molar-refractivity contribution in [2.45, 2.75) is 39.2 Å². The molecule has 24 heavy (non-hydrogen) atoms. The summed E-state index contributed by atoms with van der Waals surface area (Å²) >= 11 is 0. The van der Waals surface area contributed by atoms with E-state index in [9.17, 15) is 0 Å². The van der Waals surface area contributed by atoms with Crippen LogP contribution in [0.15, 0.2) is 29.3 Å². The van der Waals surface area contributed by atoms with Gasteiger partial charge in [0, 0.05) is 13.6 Å². The molecule has 0 spiro atoms. The molecule has 5 nitrogen and oxygen atoms in total. The monoisotopic (exact) mass is 332 g/mol. The lowest BCUT2D eigenvalue weighted by Gasteiger charge is -2.19. The van der Waals surface area contributed by atoms with Gasteiger partial charge in [-0.3, -0.25) is 4.99 Å². The van der Waals surface area contributed by atoms with Crippen molar-refractivity contribution >= 4 is 5.96 Å². The fourth-order valence-electron chi connectivity index (χ4n) is 2.92. The standard InChI is InChI=1S/C19H32N4O/c1-16-9-4-5-10-18(16)24-17(2)15-22-19(20-3)21-11-8-14-23-12-6-7-13-23/h4-5,9-10,17H,6-8,11-15H2,1-3H3,(H2,20,21,22). The van der Waals surface area contributed by atoms with E-state index in [0.717, 1.165) is 36.8 Å². The summed E-state index contributed by atoms with van der Waals surface area (Å²) in [5, 5.41) is 6.72. The molecule has 1 heterocycles. The van der Waals surface area contributed by atoms with Crippen LogP contribution in [-0.4, -0.2) is 56.7 Å². The topological polar surface area (TPSA) is 48.9 Å². The summed E-state index contributed by atoms with van der Waals surface area (Å²) in [5.74, 6) is 1.79. The second-order valence-electron chi connectivity index (χ2n) is 6.48. The molecule has 0 saturated carbocycles. The lowest BCUT2D eigenvalue weighted by Crippen LogP contribution is -2.42. The molecule has 134 valence electrons. The fourth-order valence-corrected chi connectivity index (χ4v) is 2.92. The van der Waals surface area contributed by atoms with Crippen molar-refractivity contribution in [1.29, 1.82) is 0 Å². The predicted molar refractivity (Wildman–Crippen MR) is 101 cm³/mol. The average molecular weight is 332 g/mol. The van der Waals surface area contributed by atoms with E-state index < -0.39 is 0 Å². The molecule has 2 N–H and O–H groups in total. The van der Waals surface area contributed by atoms with Crippen LogP contribution in [0, 0.1) is 6.92 Å². The van der Waals surface area contributed by atoms with Gasteiger partial charge >= 0.3 is 0 Å². The summed E-state index contributed by atoms with van der Waals surface area (Å²) in [5.41, 5.74) is 1.16. The first-order valence-corrected chi connectivity index (χ1v) is 9.08. The first kappa shape index (κ1) is 18.6. The van der Waals surface area contributed by atoms with E-state index in [-0.39, 0.29) is 6.10 Å². The Morgan fingerprint density at radius 2 is 2.00 bits per heavy atom. The summed E-state index contributed by atoms with van der Waals surface area (Å²) in [4.78, 5) is 6.82. The number of rotatable bonds is 8. The second-order valence-corrected chi connectivity index (χ2v) is 6.48. The molecule has 1 unspecified atom stereocenters. The van der Waals surface area contributed by atoms with Gasteiger partial charge in [-0.2, -0.15) is 0 Å². The summed E-state index contributed by atoms with van der Waals surface area (Å²) in [6.07, 6.45) is 3.94. The minimum absolute atomic E-state index is 0.0780. The molecule has 1 aliphatic rings. The van der Waals surface area contributed by atoms with Gasteiger partial charge in [-0.25, -0.2) is 0 Å². The molecule has 1 atom stereocenters. The Balaban J connectivity index is 1.62. The predicted octanol–water partition coefficient (Wildman–Crippen LogP) is 2.41. The fraction of sp³-hybridized carbons (Fsp3) is 0.632. The molecule has 1 saturated heterocycles. The van der Waals surface area contributed by atoms with Gasteiger partial charge in [0.15, 0.2) is 5.96 Å². The third kappa shape index (κ3) is 6.40. The van der Waals surface area contributed by atoms with E-state index in [1.54, 1.807) is 0 Å². The number of guanidine groups is 1. The Morgan fingerprint density at radius 3 is 2.71 bits per heavy atom. The molecular formula is C19H32N4O. The van der Waals surface area contributed by atoms with E-state index >= 15 is 0 Å². The number of ether oxygens (including phenoxy) is 1. The van der Waals surface area contributed by atoms with Gasteiger partial charge in [0.05, 0.1) is 6.54 Å². The van der Waals surface area contributed by atoms with Crippen LogP contribution < -0.4 is 15.4 Å². The van der Waals surface area contributed by atoms with Crippen molar-refractivity contribution in [2.75, 3.05) is 39.8 Å². The number of nitrogens with zero attached hydrogens (tertiary/aromatic N) is 2. The minimum atomic E-state index is 0.0780. The molecule has 0 bridgehead atoms. The Bertz CT molecular complexity index is 512. The normalized spacial score (nSPS) is 16.9. The first-order chi connectivity index (χ1) is 11.7. The van der Waals surface area contributed by atoms with Gasteiger partial charge in [0.25, 0.3) is 0 Å². The highest BCUT2D eigenvalue weighted by molar-refractivity contribution is 5.79. The van der Waals surface area contributed by atoms with Crippen LogP contribution in [0.4, 0.5) is 0 Å². The first-order valence-electron chi connectivity index (χ1n) is 9.08. The van der Waals surface area contributed by atoms with Crippen molar-refractivity contribution < 1.29 is 4.74 Å². The van der Waals surface area contributed by atoms with Gasteiger partial charge in [0.2, 0.25) is 0 Å². The van der Waals surface area contributed by atoms with Crippen LogP contribution >= 0.6 is 0 Å². The highest BCUT2D eigenvalue weighted by Crippen LogP contribution is 2.17. The number of likely N-dealkylation sites (tertiary alicyclic amines) is 1. The molecule has 1 fully saturated rings. The quantitative estimate of drug-likeness (QED) is 0.436. The van der Waals surface area contributed by atoms with E-state index in [0.29, 0.717) is 0 Å². The van der Waals surface area contributed by atoms with E-state index in [1.165, 1.54) is 32.5 Å². The molecule has 1 aromatic carbocycles. The highest BCUT2D eigenvalue weighted by atomic mass is 16.5. The SMILES string of the molecule is CN=C(NCCCN1CCCC1)NCC(C)Oc1ccccc1C. The van der Waals surface area contributed by atoms with Gasteiger partial charge in [-0.15, -0.1) is 0 Å². The molecule has 1 aliphatic heterocycles. The average Bonchev–Trinajstić information content (AvgIpc) is 3.10. The number of benzene rings is 1. The number of nitrogens with one attached hydrogen (secondary N) is 2. The smallest absolute Gasteiger partial charge is 0.191 e. The Hall–Kier alpha value is -1.75. The molecule has 0 amide bonds. The van der Waals surface area contributed by atoms with E-state index in [1.807, 2.05) is 25.2 Å². The molecule has 2 rings (SSSR count). The molecule has 0 aromatic heterocycles. The number of aliphatic imine (C=N–C) groups is 1. The van der Waals surface area contributed by atoms with E-state index in [4.69, 9.17) is 4.74 Å². The van der Waals surface area contributed by atoms with Crippen LogP contribution in [0.3, 0.4) is 0 Å². The maximum atomic E-state index is 5.98. The lowest BCUT2D eigenvalue weighted by molar-refractivity contribution is 0.222. The summed E-state index contributed by atoms with van der Waals surface area (Å²) in [6.45, 7) is 9.51. The Labute approximate surface area is 146 Å². The number of para-hydroxylation sites is 1. The minimum Gasteiger partial charge on any atom is -0.489 e. The third-order valence-corrected chi connectivity index (χ3v) is 4.34. The second kappa shape index (κ2) is 10.2. The van der Waals surface area contributed by atoms with E-state index in [2.05, 4.69) is 40.4 Å². The largest absolute Gasteiger partial charge is 0.489 e. The number of hydrogen-bond acceptors (Lipinski definition) is 3. The number of aryl methyl sites for hydroxylation is 1. The zero-order valence-electron chi connectivity index (χ0n) is 15.3. The summed E-state index contributed by atoms with van der Waals surface area (Å²) < 4.78 is 5.98. The molecular weight excluding hydrogens is 300 g/mol. The van der Waals surface area contributed by atoms with Crippen LogP contribution in [0.25, 0.3) is 0 Å². The Morgan fingerprint density at radius 1 is 1.25 bits per heavy atom. The van der Waals surface area contributed by atoms with Crippen LogP contribution in [-0.2, 0) is 0 Å². The van der Waals surface area contributed by atoms with Gasteiger partial charge in [0.1, 0.15) is 11.9 Å². The van der Waals surface area contributed by atoms with Crippen LogP contribution in [0.1, 0.15) is 31.7 Å². The maximum absolute atomic E-state index is 5.98. The number of hydrogen-bond donors (Lipinski definition) is 2. The summed E-state index contributed by atoms with van der Waals surface area (Å²) in [7, 11) is 1.81. The van der Waals surface area contributed by atoms with Crippen molar-refractivity contribution in [1.82, 2.24) is 15.5 Å². The summed E-state index contributed by atoms with van der Waals surface area (Å²) in [6, 6.07) is 8.11. The van der Waals surface area contributed by atoms with Crippen molar-refractivity contribution in [2.24, 2.45) is 4.99 Å². The van der Waals surface area contributed by atoms with Crippen LogP contribution in [0.2, 0.25) is 0 Å². The van der Waals surface area contributed by atoms with Crippen LogP contribution in [0.5, 0.6) is 5.75 Å². The van der Waals surface area contributed by atoms with Gasteiger partial charge in [-0.1, -0.05) is 18.2 Å². The zero-order chi connectivity index (χ0) is 17.2. The molecule has 0 aliphatic carbocycles. The molecule has 1 aromatic rings. The zero-order valence-corrected chi connectivity index (χ0v) is 15.3. The maximum Gasteiger partial charge on any atom is 0.191 e. The van der Waals surface area contributed by atoms with Gasteiger partial charge < -0.3 is 20.3 Å². The Kier molecular flexibility index (Phi) is 7.89. The highest BCUT2D eigenvalue weighted by Gasteiger charge is 2.10. The van der Waals surface area contributed by atoms with Crippen molar-refractivity contribution in [3.8, 4) is 5.75 Å². The third-order valence-electron chi connectivity index (χ3n) is 4.34. The van der Waals surface area contributed by atoms with Crippen molar-refractivity contribution in [3.05, 3.63) is 29.8 Å². The van der Waals surface area contributed by atoms with Gasteiger partial charge in [-0.05, 0) is 64.4 Å². The molecule has 5 heteroatoms. The lowest BCUT2D eigenvalue weighted by atomic mass is 10.2. The van der Waals surface area contributed by atoms with Crippen molar-refractivity contribution in [3.63, 3.8) is 0 Å². The molecule has 0 radical (unpaired) electrons.